The SMILES string of the molecule is COc1cccnc1[C@@H](NS(=O)(=O)C1CC1)c1cc2cccc(-c3cc([C@@](C)(O)C(F)(F)F)ccn3)c2s1. The van der Waals surface area contributed by atoms with Crippen LogP contribution in [-0.2, 0) is 15.6 Å². The number of halogens is 3. The van der Waals surface area contributed by atoms with Gasteiger partial charge in [0.05, 0.1) is 18.1 Å². The van der Waals surface area contributed by atoms with Gasteiger partial charge in [-0.05, 0) is 61.0 Å². The summed E-state index contributed by atoms with van der Waals surface area (Å²) in [6.07, 6.45) is -0.925. The molecular weight excluding hydrogens is 539 g/mol. The van der Waals surface area contributed by atoms with Crippen molar-refractivity contribution in [1.82, 2.24) is 14.7 Å². The molecule has 2 atom stereocenters. The summed E-state index contributed by atoms with van der Waals surface area (Å²) in [7, 11) is -2.15. The molecule has 0 unspecified atom stereocenters. The molecule has 12 heteroatoms. The minimum Gasteiger partial charge on any atom is -0.495 e. The summed E-state index contributed by atoms with van der Waals surface area (Å²) in [6.45, 7) is 0.701. The molecule has 4 aromatic rings. The lowest BCUT2D eigenvalue weighted by atomic mass is 9.94. The van der Waals surface area contributed by atoms with Gasteiger partial charge in [0.2, 0.25) is 10.0 Å². The van der Waals surface area contributed by atoms with Gasteiger partial charge in [-0.25, -0.2) is 13.1 Å². The first-order chi connectivity index (χ1) is 17.9. The molecule has 0 radical (unpaired) electrons. The minimum absolute atomic E-state index is 0.247. The van der Waals surface area contributed by atoms with Crippen LogP contribution in [0.25, 0.3) is 21.3 Å². The standard InChI is InChI=1S/C26H24F3N3O4S2/c1-25(33,26(27,28)29)16-10-12-30-19(14-16)18-6-3-5-15-13-21(37-24(15)18)23(32-38(34,35)17-8-9-17)22-20(36-2)7-4-11-31-22/h3-7,10-14,17,23,32-33H,8-9H2,1-2H3/t23-,25+/m0/s1. The van der Waals surface area contributed by atoms with Gasteiger partial charge in [-0.2, -0.15) is 13.2 Å². The van der Waals surface area contributed by atoms with Crippen molar-refractivity contribution in [3.05, 3.63) is 77.1 Å². The van der Waals surface area contributed by atoms with E-state index in [1.54, 1.807) is 30.5 Å². The summed E-state index contributed by atoms with van der Waals surface area (Å²) in [6, 6.07) is 12.0. The maximum atomic E-state index is 13.5. The molecule has 200 valence electrons. The van der Waals surface area contributed by atoms with Crippen molar-refractivity contribution < 1.29 is 31.4 Å². The molecule has 0 spiro atoms. The fraction of sp³-hybridized carbons (Fsp3) is 0.308. The Balaban J connectivity index is 1.63. The summed E-state index contributed by atoms with van der Waals surface area (Å²) < 4.78 is 75.3. The number of sulfonamides is 1. The quantitative estimate of drug-likeness (QED) is 0.302. The fourth-order valence-electron chi connectivity index (χ4n) is 4.15. The first-order valence-corrected chi connectivity index (χ1v) is 14.1. The van der Waals surface area contributed by atoms with Gasteiger partial charge in [-0.3, -0.25) is 9.97 Å². The number of hydrogen-bond acceptors (Lipinski definition) is 7. The number of pyridine rings is 2. The predicted octanol–water partition coefficient (Wildman–Crippen LogP) is 5.31. The lowest BCUT2D eigenvalue weighted by Crippen LogP contribution is -2.39. The van der Waals surface area contributed by atoms with Crippen molar-refractivity contribution in [2.24, 2.45) is 0 Å². The van der Waals surface area contributed by atoms with Crippen molar-refractivity contribution in [1.29, 1.82) is 0 Å². The van der Waals surface area contributed by atoms with Crippen LogP contribution in [0.3, 0.4) is 0 Å². The maximum Gasteiger partial charge on any atom is 0.421 e. The van der Waals surface area contributed by atoms with Gasteiger partial charge in [0.15, 0.2) is 5.60 Å². The zero-order valence-corrected chi connectivity index (χ0v) is 22.0. The monoisotopic (exact) mass is 563 g/mol. The van der Waals surface area contributed by atoms with Gasteiger partial charge in [0.1, 0.15) is 17.5 Å². The van der Waals surface area contributed by atoms with Crippen molar-refractivity contribution in [3.63, 3.8) is 0 Å². The second kappa shape index (κ2) is 9.60. The zero-order chi connectivity index (χ0) is 27.3. The number of aromatic nitrogens is 2. The Morgan fingerprint density at radius 2 is 1.87 bits per heavy atom. The zero-order valence-electron chi connectivity index (χ0n) is 20.4. The summed E-state index contributed by atoms with van der Waals surface area (Å²) in [5, 5.41) is 10.5. The number of ether oxygens (including phenoxy) is 1. The Bertz CT molecular complexity index is 1600. The molecule has 1 aliphatic carbocycles. The van der Waals surface area contributed by atoms with Gasteiger partial charge in [-0.15, -0.1) is 11.3 Å². The largest absolute Gasteiger partial charge is 0.495 e. The fourth-order valence-corrected chi connectivity index (χ4v) is 6.98. The summed E-state index contributed by atoms with van der Waals surface area (Å²) in [5.74, 6) is 0.414. The summed E-state index contributed by atoms with van der Waals surface area (Å²) in [4.78, 5) is 9.31. The van der Waals surface area contributed by atoms with Crippen LogP contribution in [0.4, 0.5) is 13.2 Å². The molecule has 5 rings (SSSR count). The highest BCUT2D eigenvalue weighted by atomic mass is 32.2. The molecule has 38 heavy (non-hydrogen) atoms. The number of hydrogen-bond donors (Lipinski definition) is 2. The predicted molar refractivity (Wildman–Crippen MR) is 138 cm³/mol. The van der Waals surface area contributed by atoms with E-state index in [-0.39, 0.29) is 11.3 Å². The average Bonchev–Trinajstić information content (AvgIpc) is 3.66. The summed E-state index contributed by atoms with van der Waals surface area (Å²) >= 11 is 1.29. The molecule has 0 saturated heterocycles. The van der Waals surface area contributed by atoms with E-state index in [1.165, 1.54) is 30.7 Å². The van der Waals surface area contributed by atoms with Crippen LogP contribution in [0, 0.1) is 0 Å². The number of aliphatic hydroxyl groups is 1. The van der Waals surface area contributed by atoms with Crippen LogP contribution in [0.15, 0.2) is 60.9 Å². The normalized spacial score (nSPS) is 16.8. The number of thiophene rings is 1. The lowest BCUT2D eigenvalue weighted by Gasteiger charge is -2.26. The second-order valence-electron chi connectivity index (χ2n) is 9.26. The molecule has 3 aromatic heterocycles. The van der Waals surface area contributed by atoms with E-state index in [2.05, 4.69) is 14.7 Å². The molecule has 0 aliphatic heterocycles. The maximum absolute atomic E-state index is 13.5. The van der Waals surface area contributed by atoms with Crippen molar-refractivity contribution in [3.8, 4) is 17.0 Å². The van der Waals surface area contributed by atoms with Crippen LogP contribution >= 0.6 is 11.3 Å². The number of fused-ring (bicyclic) bond motifs is 1. The number of nitrogens with zero attached hydrogens (tertiary/aromatic N) is 2. The molecule has 7 nitrogen and oxygen atoms in total. The number of benzene rings is 1. The van der Waals surface area contributed by atoms with Crippen molar-refractivity contribution in [2.45, 2.75) is 42.8 Å². The number of methoxy groups -OCH3 is 1. The van der Waals surface area contributed by atoms with E-state index in [9.17, 15) is 26.7 Å². The number of rotatable bonds is 8. The molecule has 1 aromatic carbocycles. The highest BCUT2D eigenvalue weighted by molar-refractivity contribution is 7.90. The number of nitrogens with one attached hydrogen (secondary N) is 1. The first kappa shape index (κ1) is 26.5. The third-order valence-electron chi connectivity index (χ3n) is 6.54. The molecular formula is C26H24F3N3O4S2. The Morgan fingerprint density at radius 1 is 1.11 bits per heavy atom. The van der Waals surface area contributed by atoms with Crippen LogP contribution in [-0.4, -0.2) is 42.0 Å². The molecule has 0 bridgehead atoms. The highest BCUT2D eigenvalue weighted by Crippen LogP contribution is 2.43. The average molecular weight is 564 g/mol. The van der Waals surface area contributed by atoms with Gasteiger partial charge >= 0.3 is 6.18 Å². The topological polar surface area (TPSA) is 101 Å². The summed E-state index contributed by atoms with van der Waals surface area (Å²) in [5.41, 5.74) is -2.20. The Kier molecular flexibility index (Phi) is 6.70. The smallest absolute Gasteiger partial charge is 0.421 e. The van der Waals surface area contributed by atoms with Crippen molar-refractivity contribution in [2.75, 3.05) is 7.11 Å². The van der Waals surface area contributed by atoms with Crippen LogP contribution in [0.2, 0.25) is 0 Å². The van der Waals surface area contributed by atoms with Gasteiger partial charge in [0.25, 0.3) is 0 Å². The van der Waals surface area contributed by atoms with E-state index in [0.29, 0.717) is 46.3 Å². The second-order valence-corrected chi connectivity index (χ2v) is 12.3. The molecule has 1 aliphatic rings. The van der Waals surface area contributed by atoms with Crippen LogP contribution in [0.1, 0.15) is 41.9 Å². The van der Waals surface area contributed by atoms with Crippen LogP contribution in [0.5, 0.6) is 5.75 Å². The van der Waals surface area contributed by atoms with Crippen LogP contribution < -0.4 is 9.46 Å². The Labute approximate surface area is 221 Å². The van der Waals surface area contributed by atoms with E-state index >= 15 is 0 Å². The highest BCUT2D eigenvalue weighted by Gasteiger charge is 2.51. The van der Waals surface area contributed by atoms with Gasteiger partial charge < -0.3 is 9.84 Å². The molecule has 2 N–H and O–H groups in total. The molecule has 0 amide bonds. The number of alkyl halides is 3. The Hall–Kier alpha value is -3.06. The molecule has 1 saturated carbocycles. The molecule has 3 heterocycles. The van der Waals surface area contributed by atoms with E-state index in [0.717, 1.165) is 11.5 Å². The van der Waals surface area contributed by atoms with E-state index in [1.807, 2.05) is 12.1 Å². The van der Waals surface area contributed by atoms with E-state index in [4.69, 9.17) is 4.74 Å². The van der Waals surface area contributed by atoms with Crippen molar-refractivity contribution >= 4 is 31.4 Å². The van der Waals surface area contributed by atoms with Gasteiger partial charge in [0, 0.05) is 27.5 Å². The third kappa shape index (κ3) is 4.89. The first-order valence-electron chi connectivity index (χ1n) is 11.7. The Morgan fingerprint density at radius 3 is 2.55 bits per heavy atom. The van der Waals surface area contributed by atoms with Gasteiger partial charge in [-0.1, -0.05) is 18.2 Å². The van der Waals surface area contributed by atoms with E-state index < -0.39 is 33.1 Å². The minimum atomic E-state index is -4.87. The third-order valence-corrected chi connectivity index (χ3v) is 9.70. The lowest BCUT2D eigenvalue weighted by molar-refractivity contribution is -0.258. The molecule has 1 fully saturated rings.